The summed E-state index contributed by atoms with van der Waals surface area (Å²) in [5, 5.41) is 4.29. The Bertz CT molecular complexity index is 334. The van der Waals surface area contributed by atoms with E-state index in [0.717, 1.165) is 29.7 Å². The van der Waals surface area contributed by atoms with Crippen LogP contribution in [0.4, 0.5) is 5.69 Å². The smallest absolute Gasteiger partial charge is 0.0639 e. The van der Waals surface area contributed by atoms with Crippen LogP contribution in [-0.2, 0) is 0 Å². The zero-order valence-electron chi connectivity index (χ0n) is 9.75. The normalized spacial score (nSPS) is 20.8. The van der Waals surface area contributed by atoms with Crippen LogP contribution in [0.25, 0.3) is 0 Å². The molecule has 3 heteroatoms. The first-order valence-electron chi connectivity index (χ1n) is 5.94. The molecule has 0 saturated carbocycles. The Labute approximate surface area is 103 Å². The van der Waals surface area contributed by atoms with E-state index in [1.165, 1.54) is 19.4 Å². The van der Waals surface area contributed by atoms with E-state index in [2.05, 4.69) is 23.3 Å². The van der Waals surface area contributed by atoms with Gasteiger partial charge in [0.2, 0.25) is 0 Å². The molecular formula is C13H19ClN2. The second-order valence-electron chi connectivity index (χ2n) is 4.54. The molecule has 1 aliphatic heterocycles. The molecule has 0 aliphatic carbocycles. The summed E-state index contributed by atoms with van der Waals surface area (Å²) in [5.74, 6) is 0.745. The topological polar surface area (TPSA) is 15.3 Å². The Morgan fingerprint density at radius 3 is 2.94 bits per heavy atom. The van der Waals surface area contributed by atoms with Crippen molar-refractivity contribution in [2.75, 3.05) is 31.6 Å². The first kappa shape index (κ1) is 11.7. The van der Waals surface area contributed by atoms with E-state index in [1.54, 1.807) is 0 Å². The molecule has 0 radical (unpaired) electrons. The summed E-state index contributed by atoms with van der Waals surface area (Å²) in [6.45, 7) is 3.39. The number of nitrogens with one attached hydrogen (secondary N) is 1. The van der Waals surface area contributed by atoms with Crippen LogP contribution < -0.4 is 10.2 Å². The van der Waals surface area contributed by atoms with Crippen molar-refractivity contribution in [1.82, 2.24) is 5.32 Å². The zero-order chi connectivity index (χ0) is 11.4. The van der Waals surface area contributed by atoms with Crippen molar-refractivity contribution in [1.29, 1.82) is 0 Å². The van der Waals surface area contributed by atoms with E-state index >= 15 is 0 Å². The maximum absolute atomic E-state index is 6.18. The van der Waals surface area contributed by atoms with Crippen LogP contribution in [0, 0.1) is 5.92 Å². The van der Waals surface area contributed by atoms with Crippen LogP contribution in [0.2, 0.25) is 5.02 Å². The van der Waals surface area contributed by atoms with Crippen molar-refractivity contribution >= 4 is 17.3 Å². The average Bonchev–Trinajstić information content (AvgIpc) is 2.31. The Morgan fingerprint density at radius 2 is 2.25 bits per heavy atom. The second-order valence-corrected chi connectivity index (χ2v) is 4.95. The molecule has 0 spiro atoms. The van der Waals surface area contributed by atoms with Crippen molar-refractivity contribution < 1.29 is 0 Å². The fourth-order valence-corrected chi connectivity index (χ4v) is 2.61. The van der Waals surface area contributed by atoms with Crippen molar-refractivity contribution in [3.63, 3.8) is 0 Å². The van der Waals surface area contributed by atoms with Crippen LogP contribution in [0.5, 0.6) is 0 Å². The van der Waals surface area contributed by atoms with Gasteiger partial charge in [0.1, 0.15) is 0 Å². The molecule has 1 fully saturated rings. The summed E-state index contributed by atoms with van der Waals surface area (Å²) in [6, 6.07) is 8.05. The minimum absolute atomic E-state index is 0.745. The zero-order valence-corrected chi connectivity index (χ0v) is 10.5. The van der Waals surface area contributed by atoms with E-state index < -0.39 is 0 Å². The highest BCUT2D eigenvalue weighted by Crippen LogP contribution is 2.25. The third-order valence-corrected chi connectivity index (χ3v) is 3.51. The number of hydrogen-bond donors (Lipinski definition) is 1. The SMILES string of the molecule is CN(CC1CCCNC1)c1ccccc1Cl. The minimum atomic E-state index is 0.745. The first-order chi connectivity index (χ1) is 7.77. The molecule has 1 atom stereocenters. The standard InChI is InChI=1S/C13H19ClN2/c1-16(10-11-5-4-8-15-9-11)13-7-3-2-6-12(13)14/h2-3,6-7,11,15H,4-5,8-10H2,1H3. The van der Waals surface area contributed by atoms with Crippen molar-refractivity contribution in [3.8, 4) is 0 Å². The van der Waals surface area contributed by atoms with Gasteiger partial charge in [-0.15, -0.1) is 0 Å². The third-order valence-electron chi connectivity index (χ3n) is 3.19. The van der Waals surface area contributed by atoms with E-state index in [0.29, 0.717) is 0 Å². The Morgan fingerprint density at radius 1 is 1.44 bits per heavy atom. The van der Waals surface area contributed by atoms with Gasteiger partial charge in [0, 0.05) is 13.6 Å². The van der Waals surface area contributed by atoms with Crippen molar-refractivity contribution in [2.45, 2.75) is 12.8 Å². The summed E-state index contributed by atoms with van der Waals surface area (Å²) in [6.07, 6.45) is 2.61. The van der Waals surface area contributed by atoms with Crippen LogP contribution in [0.1, 0.15) is 12.8 Å². The summed E-state index contributed by atoms with van der Waals surface area (Å²) in [4.78, 5) is 2.26. The first-order valence-corrected chi connectivity index (χ1v) is 6.31. The van der Waals surface area contributed by atoms with Crippen molar-refractivity contribution in [2.24, 2.45) is 5.92 Å². The van der Waals surface area contributed by atoms with Gasteiger partial charge in [0.25, 0.3) is 0 Å². The Kier molecular flexibility index (Phi) is 4.08. The molecule has 2 rings (SSSR count). The molecule has 0 bridgehead atoms. The molecule has 1 unspecified atom stereocenters. The lowest BCUT2D eigenvalue weighted by molar-refractivity contribution is 0.381. The lowest BCUT2D eigenvalue weighted by Crippen LogP contribution is -2.36. The van der Waals surface area contributed by atoms with Gasteiger partial charge in [0.15, 0.2) is 0 Å². The van der Waals surface area contributed by atoms with E-state index in [9.17, 15) is 0 Å². The van der Waals surface area contributed by atoms with Crippen molar-refractivity contribution in [3.05, 3.63) is 29.3 Å². The molecule has 1 aromatic rings. The van der Waals surface area contributed by atoms with Gasteiger partial charge < -0.3 is 10.2 Å². The molecule has 88 valence electrons. The highest BCUT2D eigenvalue weighted by Gasteiger charge is 2.16. The van der Waals surface area contributed by atoms with Gasteiger partial charge in [0.05, 0.1) is 10.7 Å². The largest absolute Gasteiger partial charge is 0.373 e. The predicted molar refractivity (Wildman–Crippen MR) is 70.3 cm³/mol. The summed E-state index contributed by atoms with van der Waals surface area (Å²) < 4.78 is 0. The Balaban J connectivity index is 1.96. The number of para-hydroxylation sites is 1. The Hall–Kier alpha value is -0.730. The maximum atomic E-state index is 6.18. The molecule has 16 heavy (non-hydrogen) atoms. The lowest BCUT2D eigenvalue weighted by atomic mass is 9.99. The maximum Gasteiger partial charge on any atom is 0.0639 e. The van der Waals surface area contributed by atoms with Gasteiger partial charge in [-0.25, -0.2) is 0 Å². The number of nitrogens with zero attached hydrogens (tertiary/aromatic N) is 1. The molecule has 2 nitrogen and oxygen atoms in total. The van der Waals surface area contributed by atoms with Gasteiger partial charge in [-0.1, -0.05) is 23.7 Å². The van der Waals surface area contributed by atoms with Gasteiger partial charge in [-0.3, -0.25) is 0 Å². The number of anilines is 1. The quantitative estimate of drug-likeness (QED) is 0.871. The molecule has 1 N–H and O–H groups in total. The molecule has 1 aliphatic rings. The van der Waals surface area contributed by atoms with E-state index in [4.69, 9.17) is 11.6 Å². The summed E-state index contributed by atoms with van der Waals surface area (Å²) in [5.41, 5.74) is 1.13. The highest BCUT2D eigenvalue weighted by molar-refractivity contribution is 6.33. The lowest BCUT2D eigenvalue weighted by Gasteiger charge is -2.29. The molecule has 1 aromatic carbocycles. The van der Waals surface area contributed by atoms with Crippen LogP contribution in [0.15, 0.2) is 24.3 Å². The van der Waals surface area contributed by atoms with Gasteiger partial charge in [-0.05, 0) is 44.0 Å². The van der Waals surface area contributed by atoms with Crippen LogP contribution in [0.3, 0.4) is 0 Å². The molecule has 0 aromatic heterocycles. The molecular weight excluding hydrogens is 220 g/mol. The molecule has 1 saturated heterocycles. The number of hydrogen-bond acceptors (Lipinski definition) is 2. The van der Waals surface area contributed by atoms with Crippen LogP contribution in [-0.4, -0.2) is 26.7 Å². The number of halogens is 1. The predicted octanol–water partition coefficient (Wildman–Crippen LogP) is 2.78. The summed E-state index contributed by atoms with van der Waals surface area (Å²) >= 11 is 6.18. The minimum Gasteiger partial charge on any atom is -0.373 e. The highest BCUT2D eigenvalue weighted by atomic mass is 35.5. The van der Waals surface area contributed by atoms with Crippen LogP contribution >= 0.6 is 11.6 Å². The fraction of sp³-hybridized carbons (Fsp3) is 0.538. The number of piperidine rings is 1. The summed E-state index contributed by atoms with van der Waals surface area (Å²) in [7, 11) is 2.12. The molecule has 0 amide bonds. The second kappa shape index (κ2) is 5.55. The van der Waals surface area contributed by atoms with Gasteiger partial charge in [-0.2, -0.15) is 0 Å². The average molecular weight is 239 g/mol. The number of benzene rings is 1. The number of rotatable bonds is 3. The third kappa shape index (κ3) is 2.89. The molecule has 1 heterocycles. The monoisotopic (exact) mass is 238 g/mol. The fourth-order valence-electron chi connectivity index (χ4n) is 2.33. The van der Waals surface area contributed by atoms with Gasteiger partial charge >= 0.3 is 0 Å². The van der Waals surface area contributed by atoms with E-state index in [-0.39, 0.29) is 0 Å². The van der Waals surface area contributed by atoms with E-state index in [1.807, 2.05) is 18.2 Å².